The third-order valence-electron chi connectivity index (χ3n) is 12.9. The van der Waals surface area contributed by atoms with E-state index in [1.807, 2.05) is 11.8 Å². The molecule has 1 atom stereocenters. The van der Waals surface area contributed by atoms with Crippen molar-refractivity contribution in [2.75, 3.05) is 0 Å². The Morgan fingerprint density at radius 2 is 0.893 bits per heavy atom. The second kappa shape index (κ2) is 11.2. The molecule has 258 valence electrons. The summed E-state index contributed by atoms with van der Waals surface area (Å²) in [5.74, 6) is 0. The average molecular weight is 725 g/mol. The van der Waals surface area contributed by atoms with Gasteiger partial charge >= 0.3 is 0 Å². The number of hydrogen-bond donors (Lipinski definition) is 0. The first-order valence-electron chi connectivity index (χ1n) is 19.5. The molecule has 2 aliphatic carbocycles. The number of hydrogen-bond acceptors (Lipinski definition) is 1. The maximum absolute atomic E-state index is 2.52. The summed E-state index contributed by atoms with van der Waals surface area (Å²) in [7, 11) is 0. The van der Waals surface area contributed by atoms with E-state index < -0.39 is 5.41 Å². The molecule has 1 unspecified atom stereocenters. The summed E-state index contributed by atoms with van der Waals surface area (Å²) in [6, 6.07) is 73.2. The van der Waals surface area contributed by atoms with Crippen molar-refractivity contribution in [2.45, 2.75) is 15.2 Å². The van der Waals surface area contributed by atoms with Crippen LogP contribution >= 0.6 is 11.8 Å². The van der Waals surface area contributed by atoms with Crippen LogP contribution in [0.3, 0.4) is 0 Å². The van der Waals surface area contributed by atoms with Crippen LogP contribution in [-0.4, -0.2) is 0 Å². The zero-order valence-electron chi connectivity index (χ0n) is 30.4. The van der Waals surface area contributed by atoms with E-state index in [9.17, 15) is 0 Å². The molecular weight excluding hydrogens is 693 g/mol. The third kappa shape index (κ3) is 3.86. The van der Waals surface area contributed by atoms with Gasteiger partial charge in [0.15, 0.2) is 0 Å². The van der Waals surface area contributed by atoms with Crippen LogP contribution < -0.4 is 0 Å². The first-order valence-corrected chi connectivity index (χ1v) is 20.3. The Hall–Kier alpha value is -6.67. The largest absolute Gasteiger partial charge is 0.0888 e. The zero-order valence-corrected chi connectivity index (χ0v) is 31.2. The van der Waals surface area contributed by atoms with Gasteiger partial charge in [-0.15, -0.1) is 0 Å². The summed E-state index contributed by atoms with van der Waals surface area (Å²) in [6.07, 6.45) is 0. The Bertz CT molecular complexity index is 3340. The molecule has 0 bridgehead atoms. The highest BCUT2D eigenvalue weighted by Crippen LogP contribution is 2.64. The van der Waals surface area contributed by atoms with E-state index in [0.717, 1.165) is 0 Å². The lowest BCUT2D eigenvalue weighted by Gasteiger charge is -2.31. The molecule has 1 aliphatic heterocycles. The van der Waals surface area contributed by atoms with Gasteiger partial charge in [-0.1, -0.05) is 188 Å². The van der Waals surface area contributed by atoms with Crippen LogP contribution in [-0.2, 0) is 5.41 Å². The van der Waals surface area contributed by atoms with E-state index in [4.69, 9.17) is 0 Å². The van der Waals surface area contributed by atoms with E-state index in [1.54, 1.807) is 0 Å². The molecule has 1 spiro atoms. The van der Waals surface area contributed by atoms with Crippen LogP contribution in [0.15, 0.2) is 204 Å². The number of fused-ring (bicyclic) bond motifs is 15. The lowest BCUT2D eigenvalue weighted by atomic mass is 9.70. The molecule has 1 heteroatoms. The first-order chi connectivity index (χ1) is 27.8. The predicted octanol–water partition coefficient (Wildman–Crippen LogP) is 15.0. The van der Waals surface area contributed by atoms with Gasteiger partial charge in [0.05, 0.1) is 5.41 Å². The second-order valence-corrected chi connectivity index (χ2v) is 16.5. The van der Waals surface area contributed by atoms with Crippen LogP contribution in [0.5, 0.6) is 0 Å². The molecule has 1 heterocycles. The molecule has 0 nitrogen and oxygen atoms in total. The maximum atomic E-state index is 2.52. The molecule has 13 rings (SSSR count). The zero-order chi connectivity index (χ0) is 36.5. The van der Waals surface area contributed by atoms with Crippen molar-refractivity contribution in [2.24, 2.45) is 0 Å². The van der Waals surface area contributed by atoms with Gasteiger partial charge in [0, 0.05) is 20.7 Å². The van der Waals surface area contributed by atoms with Gasteiger partial charge in [-0.2, -0.15) is 0 Å². The maximum Gasteiger partial charge on any atom is 0.0725 e. The highest BCUT2D eigenvalue weighted by Gasteiger charge is 2.52. The van der Waals surface area contributed by atoms with Crippen molar-refractivity contribution in [1.82, 2.24) is 0 Å². The van der Waals surface area contributed by atoms with E-state index in [1.165, 1.54) is 120 Å². The Morgan fingerprint density at radius 1 is 0.304 bits per heavy atom. The molecule has 0 radical (unpaired) electrons. The fraction of sp³-hybridized carbons (Fsp3) is 0.0182. The summed E-state index contributed by atoms with van der Waals surface area (Å²) in [4.78, 5) is 2.65. The van der Waals surface area contributed by atoms with Gasteiger partial charge in [0.2, 0.25) is 0 Å². The van der Waals surface area contributed by atoms with Crippen molar-refractivity contribution in [1.29, 1.82) is 0 Å². The second-order valence-electron chi connectivity index (χ2n) is 15.5. The lowest BCUT2D eigenvalue weighted by molar-refractivity contribution is 0.795. The quantitative estimate of drug-likeness (QED) is 0.171. The topological polar surface area (TPSA) is 0 Å². The molecule has 0 fully saturated rings. The smallest absolute Gasteiger partial charge is 0.0725 e. The van der Waals surface area contributed by atoms with E-state index >= 15 is 0 Å². The van der Waals surface area contributed by atoms with Crippen LogP contribution in [0.1, 0.15) is 22.3 Å². The van der Waals surface area contributed by atoms with Gasteiger partial charge in [0.1, 0.15) is 0 Å². The summed E-state index contributed by atoms with van der Waals surface area (Å²) in [5.41, 5.74) is 18.2. The number of rotatable bonds is 2. The normalized spacial score (nSPS) is 15.5. The van der Waals surface area contributed by atoms with Crippen molar-refractivity contribution in [3.63, 3.8) is 0 Å². The van der Waals surface area contributed by atoms with Gasteiger partial charge in [0.25, 0.3) is 0 Å². The minimum atomic E-state index is -0.411. The van der Waals surface area contributed by atoms with Crippen molar-refractivity contribution < 1.29 is 0 Å². The average Bonchev–Trinajstić information content (AvgIpc) is 3.73. The van der Waals surface area contributed by atoms with E-state index in [-0.39, 0.29) is 0 Å². The minimum absolute atomic E-state index is 0.411. The predicted molar refractivity (Wildman–Crippen MR) is 236 cm³/mol. The Labute approximate surface area is 329 Å². The molecule has 3 aliphatic rings. The molecule has 10 aromatic carbocycles. The molecule has 0 aromatic heterocycles. The van der Waals surface area contributed by atoms with E-state index in [0.29, 0.717) is 0 Å². The lowest BCUT2D eigenvalue weighted by Crippen LogP contribution is -2.25. The molecule has 56 heavy (non-hydrogen) atoms. The van der Waals surface area contributed by atoms with Crippen LogP contribution in [0.2, 0.25) is 0 Å². The van der Waals surface area contributed by atoms with Gasteiger partial charge in [-0.25, -0.2) is 0 Å². The highest BCUT2D eigenvalue weighted by atomic mass is 32.2. The summed E-state index contributed by atoms with van der Waals surface area (Å²) in [6.45, 7) is 0. The highest BCUT2D eigenvalue weighted by molar-refractivity contribution is 7.99. The number of benzene rings is 10. The molecular formula is C55H32S. The van der Waals surface area contributed by atoms with Crippen molar-refractivity contribution >= 4 is 44.1 Å². The molecule has 10 aromatic rings. The third-order valence-corrected chi connectivity index (χ3v) is 14.0. The van der Waals surface area contributed by atoms with Crippen LogP contribution in [0, 0.1) is 0 Å². The Morgan fingerprint density at radius 3 is 1.77 bits per heavy atom. The van der Waals surface area contributed by atoms with Crippen molar-refractivity contribution in [3.8, 4) is 55.6 Å². The SMILES string of the molecule is c1ccc2c(c1)-c1ccc(-c3ccc(-c4cccc5c4-c4cccc6cccc(c46)S5)c4ccccc34)cc1C21c2ccccc2-c2c1ccc1ccccc21. The summed E-state index contributed by atoms with van der Waals surface area (Å²) < 4.78 is 0. The fourth-order valence-electron chi connectivity index (χ4n) is 10.7. The van der Waals surface area contributed by atoms with Gasteiger partial charge in [-0.05, 0) is 117 Å². The Balaban J connectivity index is 1.05. The van der Waals surface area contributed by atoms with Crippen molar-refractivity contribution in [3.05, 3.63) is 216 Å². The first kappa shape index (κ1) is 30.6. The van der Waals surface area contributed by atoms with Gasteiger partial charge < -0.3 is 0 Å². The molecule has 0 saturated heterocycles. The van der Waals surface area contributed by atoms with Crippen LogP contribution in [0.25, 0.3) is 88.0 Å². The van der Waals surface area contributed by atoms with Crippen LogP contribution in [0.4, 0.5) is 0 Å². The van der Waals surface area contributed by atoms with Gasteiger partial charge in [-0.3, -0.25) is 0 Å². The fourth-order valence-corrected chi connectivity index (χ4v) is 11.9. The monoisotopic (exact) mass is 724 g/mol. The summed E-state index contributed by atoms with van der Waals surface area (Å²) >= 11 is 1.90. The standard InChI is InChI=1S/C55H32S/c1-2-15-37-33(12-1)27-31-48-53(37)44-19-6-8-23-47(44)55(48)46-22-7-5-18-41(46)42-28-26-35(32-49(42)55)36-29-30-40(39-17-4-3-16-38(36)39)43-20-11-25-51-54(43)45-21-9-13-34-14-10-24-50(56-51)52(34)45/h1-32H. The molecule has 0 amide bonds. The van der Waals surface area contributed by atoms with E-state index in [2.05, 4.69) is 194 Å². The summed E-state index contributed by atoms with van der Waals surface area (Å²) in [5, 5.41) is 7.80. The molecule has 0 N–H and O–H groups in total. The molecule has 0 saturated carbocycles. The Kier molecular flexibility index (Phi) is 6.13. The minimum Gasteiger partial charge on any atom is -0.0888 e.